The maximum atomic E-state index is 5.71. The first kappa shape index (κ1) is 15.1. The summed E-state index contributed by atoms with van der Waals surface area (Å²) in [7, 11) is 0. The fraction of sp³-hybridized carbons (Fsp3) is 0.600. The minimum atomic E-state index is 0.381. The van der Waals surface area contributed by atoms with Gasteiger partial charge in [0.15, 0.2) is 0 Å². The van der Waals surface area contributed by atoms with Gasteiger partial charge in [0.05, 0.1) is 6.10 Å². The lowest BCUT2D eigenvalue weighted by molar-refractivity contribution is 0.129. The molecule has 21 heavy (non-hydrogen) atoms. The second-order valence-corrected chi connectivity index (χ2v) is 7.54. The highest BCUT2D eigenvalue weighted by Gasteiger charge is 2.18. The molecule has 0 bridgehead atoms. The van der Waals surface area contributed by atoms with Crippen LogP contribution < -0.4 is 5.32 Å². The molecule has 3 heterocycles. The number of anilines is 1. The summed E-state index contributed by atoms with van der Waals surface area (Å²) in [6.45, 7) is 6.09. The van der Waals surface area contributed by atoms with Crippen molar-refractivity contribution < 1.29 is 4.74 Å². The average molecular weight is 323 g/mol. The molecule has 114 valence electrons. The van der Waals surface area contributed by atoms with Crippen LogP contribution in [0.5, 0.6) is 0 Å². The molecule has 4 nitrogen and oxygen atoms in total. The number of hydrogen-bond donors (Lipinski definition) is 1. The van der Waals surface area contributed by atoms with E-state index in [0.717, 1.165) is 41.1 Å². The van der Waals surface area contributed by atoms with Gasteiger partial charge in [0, 0.05) is 29.2 Å². The number of hydrogen-bond acceptors (Lipinski definition) is 6. The lowest BCUT2D eigenvalue weighted by atomic mass is 10.3. The molecule has 0 aliphatic carbocycles. The molecular weight excluding hydrogens is 302 g/mol. The third-order valence-corrected chi connectivity index (χ3v) is 5.51. The zero-order chi connectivity index (χ0) is 14.7. The smallest absolute Gasteiger partial charge is 0.225 e. The summed E-state index contributed by atoms with van der Waals surface area (Å²) in [5.41, 5.74) is 0. The van der Waals surface area contributed by atoms with Crippen LogP contribution in [0.4, 0.5) is 5.95 Å². The fourth-order valence-corrected chi connectivity index (χ4v) is 4.40. The molecule has 2 aromatic heterocycles. The van der Waals surface area contributed by atoms with Gasteiger partial charge in [-0.2, -0.15) is 0 Å². The zero-order valence-electron chi connectivity index (χ0n) is 12.5. The Labute approximate surface area is 133 Å². The van der Waals surface area contributed by atoms with Crippen LogP contribution in [0, 0.1) is 6.92 Å². The highest BCUT2D eigenvalue weighted by atomic mass is 32.2. The Bertz CT molecular complexity index is 608. The molecule has 1 N–H and O–H groups in total. The molecule has 0 radical (unpaired) electrons. The predicted octanol–water partition coefficient (Wildman–Crippen LogP) is 4.09. The molecular formula is C15H21N3OS2. The van der Waals surface area contributed by atoms with Crippen molar-refractivity contribution in [1.29, 1.82) is 0 Å². The van der Waals surface area contributed by atoms with Gasteiger partial charge in [-0.25, -0.2) is 9.97 Å². The Morgan fingerprint density at radius 1 is 1.48 bits per heavy atom. The van der Waals surface area contributed by atoms with Gasteiger partial charge in [-0.15, -0.1) is 23.1 Å². The van der Waals surface area contributed by atoms with Crippen molar-refractivity contribution in [2.24, 2.45) is 0 Å². The SMILES string of the molecule is CCCNc1nc(SCC2CCCO2)c2cc(C)sc2n1. The Morgan fingerprint density at radius 2 is 2.38 bits per heavy atom. The first-order chi connectivity index (χ1) is 10.3. The third-order valence-electron chi connectivity index (χ3n) is 3.44. The number of fused-ring (bicyclic) bond motifs is 1. The topological polar surface area (TPSA) is 47.0 Å². The summed E-state index contributed by atoms with van der Waals surface area (Å²) in [6, 6.07) is 2.20. The van der Waals surface area contributed by atoms with Gasteiger partial charge in [0.2, 0.25) is 5.95 Å². The monoisotopic (exact) mass is 323 g/mol. The third kappa shape index (κ3) is 3.67. The number of ether oxygens (including phenoxy) is 1. The predicted molar refractivity (Wildman–Crippen MR) is 90.6 cm³/mol. The van der Waals surface area contributed by atoms with Crippen LogP contribution in [0.15, 0.2) is 11.1 Å². The van der Waals surface area contributed by atoms with E-state index in [4.69, 9.17) is 9.72 Å². The molecule has 1 unspecified atom stereocenters. The van der Waals surface area contributed by atoms with E-state index < -0.39 is 0 Å². The van der Waals surface area contributed by atoms with Crippen molar-refractivity contribution in [1.82, 2.24) is 9.97 Å². The van der Waals surface area contributed by atoms with Gasteiger partial charge in [-0.1, -0.05) is 6.92 Å². The normalized spacial score (nSPS) is 18.5. The minimum Gasteiger partial charge on any atom is -0.377 e. The van der Waals surface area contributed by atoms with Crippen molar-refractivity contribution in [3.63, 3.8) is 0 Å². The van der Waals surface area contributed by atoms with Gasteiger partial charge in [0.25, 0.3) is 0 Å². The lowest BCUT2D eigenvalue weighted by Crippen LogP contribution is -2.09. The van der Waals surface area contributed by atoms with E-state index in [1.807, 2.05) is 0 Å². The van der Waals surface area contributed by atoms with Gasteiger partial charge >= 0.3 is 0 Å². The summed E-state index contributed by atoms with van der Waals surface area (Å²) in [5.74, 6) is 1.73. The van der Waals surface area contributed by atoms with Crippen LogP contribution in [0.25, 0.3) is 10.2 Å². The van der Waals surface area contributed by atoms with E-state index in [0.29, 0.717) is 6.10 Å². The van der Waals surface area contributed by atoms with Crippen LogP contribution >= 0.6 is 23.1 Å². The van der Waals surface area contributed by atoms with E-state index in [1.54, 1.807) is 23.1 Å². The molecule has 0 spiro atoms. The standard InChI is InChI=1S/C15H21N3OS2/c1-3-6-16-15-17-13(20-9-11-5-4-7-19-11)12-8-10(2)21-14(12)18-15/h8,11H,3-7,9H2,1-2H3,(H,16,17,18). The maximum absolute atomic E-state index is 5.71. The Balaban J connectivity index is 1.82. The highest BCUT2D eigenvalue weighted by Crippen LogP contribution is 2.33. The van der Waals surface area contributed by atoms with Crippen LogP contribution in [-0.2, 0) is 4.74 Å². The van der Waals surface area contributed by atoms with Gasteiger partial charge in [0.1, 0.15) is 9.86 Å². The number of thioether (sulfide) groups is 1. The molecule has 0 amide bonds. The molecule has 1 aliphatic rings. The van der Waals surface area contributed by atoms with Crippen molar-refractivity contribution >= 4 is 39.3 Å². The van der Waals surface area contributed by atoms with Crippen molar-refractivity contribution in [3.8, 4) is 0 Å². The summed E-state index contributed by atoms with van der Waals surface area (Å²) in [6.07, 6.45) is 3.81. The molecule has 0 aromatic carbocycles. The molecule has 2 aromatic rings. The maximum Gasteiger partial charge on any atom is 0.225 e. The van der Waals surface area contributed by atoms with E-state index in [1.165, 1.54) is 23.1 Å². The molecule has 6 heteroatoms. The molecule has 0 saturated carbocycles. The second kappa shape index (κ2) is 6.94. The number of aromatic nitrogens is 2. The molecule has 1 saturated heterocycles. The first-order valence-electron chi connectivity index (χ1n) is 7.52. The van der Waals surface area contributed by atoms with E-state index in [9.17, 15) is 0 Å². The van der Waals surface area contributed by atoms with Crippen LogP contribution in [0.1, 0.15) is 31.1 Å². The Hall–Kier alpha value is -0.850. The molecule has 3 rings (SSSR count). The van der Waals surface area contributed by atoms with E-state index >= 15 is 0 Å². The highest BCUT2D eigenvalue weighted by molar-refractivity contribution is 7.99. The molecule has 1 fully saturated rings. The van der Waals surface area contributed by atoms with Gasteiger partial charge in [-0.05, 0) is 32.3 Å². The summed E-state index contributed by atoms with van der Waals surface area (Å²) in [4.78, 5) is 11.7. The minimum absolute atomic E-state index is 0.381. The number of nitrogens with one attached hydrogen (secondary N) is 1. The lowest BCUT2D eigenvalue weighted by Gasteiger charge is -2.10. The summed E-state index contributed by atoms with van der Waals surface area (Å²) in [5, 5.41) is 5.57. The largest absolute Gasteiger partial charge is 0.377 e. The average Bonchev–Trinajstić information content (AvgIpc) is 3.10. The van der Waals surface area contributed by atoms with Crippen LogP contribution in [-0.4, -0.2) is 35.0 Å². The number of nitrogens with zero attached hydrogens (tertiary/aromatic N) is 2. The second-order valence-electron chi connectivity index (χ2n) is 5.30. The summed E-state index contributed by atoms with van der Waals surface area (Å²) >= 11 is 3.54. The zero-order valence-corrected chi connectivity index (χ0v) is 14.1. The first-order valence-corrected chi connectivity index (χ1v) is 9.33. The summed E-state index contributed by atoms with van der Waals surface area (Å²) < 4.78 is 5.71. The fourth-order valence-electron chi connectivity index (χ4n) is 2.39. The quantitative estimate of drug-likeness (QED) is 0.641. The number of aryl methyl sites for hydroxylation is 1. The van der Waals surface area contributed by atoms with Crippen LogP contribution in [0.2, 0.25) is 0 Å². The molecule has 1 atom stereocenters. The number of thiophene rings is 1. The van der Waals surface area contributed by atoms with Gasteiger partial charge < -0.3 is 10.1 Å². The van der Waals surface area contributed by atoms with Crippen molar-refractivity contribution in [3.05, 3.63) is 10.9 Å². The van der Waals surface area contributed by atoms with Crippen LogP contribution in [0.3, 0.4) is 0 Å². The van der Waals surface area contributed by atoms with E-state index in [2.05, 4.69) is 30.2 Å². The van der Waals surface area contributed by atoms with Crippen molar-refractivity contribution in [2.75, 3.05) is 24.2 Å². The Morgan fingerprint density at radius 3 is 3.14 bits per heavy atom. The van der Waals surface area contributed by atoms with E-state index in [-0.39, 0.29) is 0 Å². The number of rotatable bonds is 6. The van der Waals surface area contributed by atoms with Crippen molar-refractivity contribution in [2.45, 2.75) is 44.2 Å². The van der Waals surface area contributed by atoms with Gasteiger partial charge in [-0.3, -0.25) is 0 Å². The Kier molecular flexibility index (Phi) is 4.98. The molecule has 1 aliphatic heterocycles.